The molecular weight excluding hydrogens is 214 g/mol. The zero-order valence-electron chi connectivity index (χ0n) is 10.9. The molecule has 2 fully saturated rings. The third kappa shape index (κ3) is 3.68. The smallest absolute Gasteiger partial charge is 0.237 e. The van der Waals surface area contributed by atoms with Crippen molar-refractivity contribution in [3.05, 3.63) is 0 Å². The van der Waals surface area contributed by atoms with Gasteiger partial charge in [0.1, 0.15) is 0 Å². The van der Waals surface area contributed by atoms with Crippen molar-refractivity contribution in [3.8, 4) is 0 Å². The molecule has 1 unspecified atom stereocenters. The van der Waals surface area contributed by atoms with Crippen molar-refractivity contribution < 1.29 is 4.79 Å². The summed E-state index contributed by atoms with van der Waals surface area (Å²) in [5.74, 6) is 0.892. The van der Waals surface area contributed by atoms with Gasteiger partial charge in [0.25, 0.3) is 0 Å². The first-order valence-electron chi connectivity index (χ1n) is 7.03. The van der Waals surface area contributed by atoms with Gasteiger partial charge in [0.15, 0.2) is 0 Å². The number of rotatable bonds is 4. The third-order valence-electron chi connectivity index (χ3n) is 4.10. The predicted molar refractivity (Wildman–Crippen MR) is 68.9 cm³/mol. The Morgan fingerprint density at radius 1 is 1.35 bits per heavy atom. The molecule has 0 radical (unpaired) electrons. The topological polar surface area (TPSA) is 44.4 Å². The van der Waals surface area contributed by atoms with Crippen LogP contribution in [0.5, 0.6) is 0 Å². The number of piperidine rings is 1. The fourth-order valence-electron chi connectivity index (χ4n) is 2.78. The molecule has 0 bridgehead atoms. The van der Waals surface area contributed by atoms with Crippen LogP contribution in [0.2, 0.25) is 0 Å². The summed E-state index contributed by atoms with van der Waals surface area (Å²) in [6, 6.07) is 0.0748. The molecule has 0 aliphatic carbocycles. The molecular formula is C13H25N3O. The number of hydrogen-bond acceptors (Lipinski definition) is 3. The lowest BCUT2D eigenvalue weighted by Gasteiger charge is -2.31. The Hall–Kier alpha value is -0.610. The van der Waals surface area contributed by atoms with Crippen LogP contribution in [-0.2, 0) is 4.79 Å². The van der Waals surface area contributed by atoms with Crippen molar-refractivity contribution in [2.45, 2.75) is 38.6 Å². The number of carbonyl (C=O) groups excluding carboxylic acids is 1. The molecule has 2 rings (SSSR count). The van der Waals surface area contributed by atoms with Crippen molar-refractivity contribution in [2.75, 3.05) is 32.7 Å². The van der Waals surface area contributed by atoms with E-state index < -0.39 is 0 Å². The van der Waals surface area contributed by atoms with E-state index in [2.05, 4.69) is 22.5 Å². The molecule has 2 aliphatic heterocycles. The highest BCUT2D eigenvalue weighted by Gasteiger charge is 2.23. The minimum atomic E-state index is 0.0748. The second-order valence-corrected chi connectivity index (χ2v) is 5.27. The molecule has 0 saturated carbocycles. The average Bonchev–Trinajstić information content (AvgIpc) is 2.90. The van der Waals surface area contributed by atoms with Gasteiger partial charge in [-0.15, -0.1) is 0 Å². The summed E-state index contributed by atoms with van der Waals surface area (Å²) in [6.07, 6.45) is 4.59. The van der Waals surface area contributed by atoms with Crippen LogP contribution < -0.4 is 10.6 Å². The molecule has 4 heteroatoms. The highest BCUT2D eigenvalue weighted by atomic mass is 16.2. The fraction of sp³-hybridized carbons (Fsp3) is 0.923. The minimum absolute atomic E-state index is 0.0748. The van der Waals surface area contributed by atoms with E-state index in [0.717, 1.165) is 32.5 Å². The number of carbonyl (C=O) groups is 1. The Labute approximate surface area is 104 Å². The summed E-state index contributed by atoms with van der Waals surface area (Å²) >= 11 is 0. The molecule has 98 valence electrons. The molecule has 17 heavy (non-hydrogen) atoms. The van der Waals surface area contributed by atoms with Crippen LogP contribution in [0.3, 0.4) is 0 Å². The quantitative estimate of drug-likeness (QED) is 0.754. The third-order valence-corrected chi connectivity index (χ3v) is 4.10. The van der Waals surface area contributed by atoms with Gasteiger partial charge < -0.3 is 15.5 Å². The minimum Gasteiger partial charge on any atom is -0.354 e. The van der Waals surface area contributed by atoms with Crippen LogP contribution in [0.15, 0.2) is 0 Å². The van der Waals surface area contributed by atoms with Gasteiger partial charge in [0.2, 0.25) is 5.91 Å². The summed E-state index contributed by atoms with van der Waals surface area (Å²) in [7, 11) is 0. The monoisotopic (exact) mass is 239 g/mol. The summed E-state index contributed by atoms with van der Waals surface area (Å²) in [4.78, 5) is 14.3. The highest BCUT2D eigenvalue weighted by Crippen LogP contribution is 2.16. The number of nitrogens with one attached hydrogen (secondary N) is 2. The Morgan fingerprint density at radius 3 is 2.71 bits per heavy atom. The lowest BCUT2D eigenvalue weighted by Crippen LogP contribution is -2.44. The molecule has 1 amide bonds. The van der Waals surface area contributed by atoms with Crippen LogP contribution in [0, 0.1) is 5.92 Å². The number of nitrogens with zero attached hydrogens (tertiary/aromatic N) is 1. The average molecular weight is 239 g/mol. The first kappa shape index (κ1) is 12.8. The zero-order chi connectivity index (χ0) is 12.1. The lowest BCUT2D eigenvalue weighted by atomic mass is 9.96. The number of amides is 1. The molecule has 0 aromatic heterocycles. The van der Waals surface area contributed by atoms with E-state index in [4.69, 9.17) is 0 Å². The van der Waals surface area contributed by atoms with Gasteiger partial charge in [0, 0.05) is 6.54 Å². The van der Waals surface area contributed by atoms with E-state index in [1.54, 1.807) is 0 Å². The molecule has 2 heterocycles. The van der Waals surface area contributed by atoms with Crippen LogP contribution >= 0.6 is 0 Å². The summed E-state index contributed by atoms with van der Waals surface area (Å²) < 4.78 is 0. The first-order valence-corrected chi connectivity index (χ1v) is 7.03. The Bertz CT molecular complexity index is 243. The molecule has 2 saturated heterocycles. The molecule has 1 atom stereocenters. The number of likely N-dealkylation sites (tertiary alicyclic amines) is 1. The number of hydrogen-bond donors (Lipinski definition) is 2. The van der Waals surface area contributed by atoms with Gasteiger partial charge in [-0.1, -0.05) is 6.92 Å². The summed E-state index contributed by atoms with van der Waals surface area (Å²) in [6.45, 7) is 7.62. The Kier molecular flexibility index (Phi) is 4.80. The maximum absolute atomic E-state index is 11.8. The van der Waals surface area contributed by atoms with Crippen LogP contribution in [0.4, 0.5) is 0 Å². The maximum atomic E-state index is 11.8. The van der Waals surface area contributed by atoms with Crippen molar-refractivity contribution in [1.29, 1.82) is 0 Å². The maximum Gasteiger partial charge on any atom is 0.237 e. The molecule has 4 nitrogen and oxygen atoms in total. The predicted octanol–water partition coefficient (Wildman–Crippen LogP) is 0.587. The highest BCUT2D eigenvalue weighted by molar-refractivity contribution is 5.81. The molecule has 0 aromatic carbocycles. The Morgan fingerprint density at radius 2 is 2.12 bits per heavy atom. The van der Waals surface area contributed by atoms with E-state index in [0.29, 0.717) is 5.92 Å². The van der Waals surface area contributed by atoms with E-state index in [-0.39, 0.29) is 11.9 Å². The van der Waals surface area contributed by atoms with Gasteiger partial charge in [0.05, 0.1) is 6.04 Å². The van der Waals surface area contributed by atoms with Crippen LogP contribution in [-0.4, -0.2) is 49.6 Å². The largest absolute Gasteiger partial charge is 0.354 e. The zero-order valence-corrected chi connectivity index (χ0v) is 10.9. The van der Waals surface area contributed by atoms with Gasteiger partial charge >= 0.3 is 0 Å². The first-order chi connectivity index (χ1) is 8.29. The van der Waals surface area contributed by atoms with Crippen molar-refractivity contribution in [1.82, 2.24) is 15.5 Å². The molecule has 2 aliphatic rings. The van der Waals surface area contributed by atoms with Gasteiger partial charge in [-0.25, -0.2) is 0 Å². The van der Waals surface area contributed by atoms with E-state index in [9.17, 15) is 4.79 Å². The van der Waals surface area contributed by atoms with E-state index in [1.807, 2.05) is 0 Å². The fourth-order valence-corrected chi connectivity index (χ4v) is 2.78. The van der Waals surface area contributed by atoms with Gasteiger partial charge in [-0.05, 0) is 57.8 Å². The summed E-state index contributed by atoms with van der Waals surface area (Å²) in [5.41, 5.74) is 0. The second kappa shape index (κ2) is 6.36. The van der Waals surface area contributed by atoms with Crippen molar-refractivity contribution in [2.24, 2.45) is 5.92 Å². The molecule has 0 spiro atoms. The molecule has 2 N–H and O–H groups in total. The standard InChI is InChI=1S/C13H25N3O/c1-2-16-8-5-11(6-9-16)10-15-13(17)12-4-3-7-14-12/h11-12,14H,2-10H2,1H3,(H,15,17). The van der Waals surface area contributed by atoms with Gasteiger partial charge in [-0.2, -0.15) is 0 Å². The van der Waals surface area contributed by atoms with Crippen molar-refractivity contribution >= 4 is 5.91 Å². The van der Waals surface area contributed by atoms with Gasteiger partial charge in [-0.3, -0.25) is 4.79 Å². The second-order valence-electron chi connectivity index (χ2n) is 5.27. The Balaban J connectivity index is 1.63. The molecule has 0 aromatic rings. The van der Waals surface area contributed by atoms with Crippen molar-refractivity contribution in [3.63, 3.8) is 0 Å². The van der Waals surface area contributed by atoms with E-state index >= 15 is 0 Å². The normalized spacial score (nSPS) is 27.2. The van der Waals surface area contributed by atoms with Crippen LogP contribution in [0.25, 0.3) is 0 Å². The summed E-state index contributed by atoms with van der Waals surface area (Å²) in [5, 5.41) is 6.35. The van der Waals surface area contributed by atoms with Crippen LogP contribution in [0.1, 0.15) is 32.6 Å². The van der Waals surface area contributed by atoms with E-state index in [1.165, 1.54) is 25.9 Å². The SMILES string of the molecule is CCN1CCC(CNC(=O)C2CCCN2)CC1. The lowest BCUT2D eigenvalue weighted by molar-refractivity contribution is -0.123.